The van der Waals surface area contributed by atoms with E-state index in [1.165, 1.54) is 12.1 Å². The third kappa shape index (κ3) is 2.86. The Morgan fingerprint density at radius 3 is 2.65 bits per heavy atom. The summed E-state index contributed by atoms with van der Waals surface area (Å²) in [4.78, 5) is 21.9. The molecule has 0 bridgehead atoms. The van der Waals surface area contributed by atoms with Gasteiger partial charge in [-0.25, -0.2) is 0 Å². The fraction of sp³-hybridized carbons (Fsp3) is 0.417. The van der Waals surface area contributed by atoms with Gasteiger partial charge in [0, 0.05) is 18.2 Å². The molecule has 0 unspecified atom stereocenters. The molecule has 1 heterocycles. The summed E-state index contributed by atoms with van der Waals surface area (Å²) in [5, 5.41) is 34.5. The van der Waals surface area contributed by atoms with E-state index in [4.69, 9.17) is 10.2 Å². The number of benzene rings is 1. The summed E-state index contributed by atoms with van der Waals surface area (Å²) in [6.45, 7) is -0.728. The molecule has 0 aliphatic carbocycles. The van der Waals surface area contributed by atoms with E-state index in [0.717, 1.165) is 0 Å². The van der Waals surface area contributed by atoms with E-state index >= 15 is 0 Å². The van der Waals surface area contributed by atoms with E-state index in [1.807, 2.05) is 0 Å². The Labute approximate surface area is 114 Å². The van der Waals surface area contributed by atoms with Crippen molar-refractivity contribution in [2.75, 3.05) is 23.8 Å². The molecule has 108 valence electrons. The second kappa shape index (κ2) is 5.85. The zero-order chi connectivity index (χ0) is 14.7. The van der Waals surface area contributed by atoms with Crippen LogP contribution >= 0.6 is 0 Å². The van der Waals surface area contributed by atoms with Gasteiger partial charge in [-0.2, -0.15) is 0 Å². The zero-order valence-corrected chi connectivity index (χ0v) is 10.6. The van der Waals surface area contributed by atoms with Crippen LogP contribution in [0.25, 0.3) is 0 Å². The maximum Gasteiger partial charge on any atom is 0.292 e. The fourth-order valence-corrected chi connectivity index (χ4v) is 2.05. The van der Waals surface area contributed by atoms with Gasteiger partial charge in [0.2, 0.25) is 5.91 Å². The van der Waals surface area contributed by atoms with Gasteiger partial charge in [-0.05, 0) is 18.1 Å². The van der Waals surface area contributed by atoms with Crippen molar-refractivity contribution in [1.82, 2.24) is 0 Å². The highest BCUT2D eigenvalue weighted by Crippen LogP contribution is 2.34. The molecule has 0 atom stereocenters. The van der Waals surface area contributed by atoms with Gasteiger partial charge in [-0.1, -0.05) is 0 Å². The van der Waals surface area contributed by atoms with Crippen LogP contribution in [0.4, 0.5) is 17.1 Å². The number of nitro groups is 1. The van der Waals surface area contributed by atoms with Gasteiger partial charge >= 0.3 is 0 Å². The fourth-order valence-electron chi connectivity index (χ4n) is 2.05. The summed E-state index contributed by atoms with van der Waals surface area (Å²) in [6.07, 6.45) is 0.749. The number of nitrogens with zero attached hydrogens (tertiary/aromatic N) is 1. The van der Waals surface area contributed by atoms with Crippen LogP contribution in [0.5, 0.6) is 0 Å². The minimum absolute atomic E-state index is 0.141. The van der Waals surface area contributed by atoms with E-state index in [9.17, 15) is 14.9 Å². The number of hydrogen-bond donors (Lipinski definition) is 4. The summed E-state index contributed by atoms with van der Waals surface area (Å²) in [6, 6.07) is 2.16. The number of carbonyl (C=O) groups excluding carboxylic acids is 1. The van der Waals surface area contributed by atoms with Crippen LogP contribution in [-0.2, 0) is 11.2 Å². The Hall–Kier alpha value is -2.19. The molecule has 1 aliphatic heterocycles. The Morgan fingerprint density at radius 2 is 2.05 bits per heavy atom. The van der Waals surface area contributed by atoms with Gasteiger partial charge in [-0.15, -0.1) is 0 Å². The lowest BCUT2D eigenvalue weighted by molar-refractivity contribution is -0.384. The van der Waals surface area contributed by atoms with Crippen molar-refractivity contribution < 1.29 is 19.9 Å². The molecule has 8 heteroatoms. The maximum absolute atomic E-state index is 11.3. The third-order valence-electron chi connectivity index (χ3n) is 3.11. The van der Waals surface area contributed by atoms with Crippen molar-refractivity contribution in [3.05, 3.63) is 27.8 Å². The molecule has 0 saturated carbocycles. The first-order valence-electron chi connectivity index (χ1n) is 6.14. The van der Waals surface area contributed by atoms with E-state index < -0.39 is 11.0 Å². The molecular weight excluding hydrogens is 266 g/mol. The first-order valence-corrected chi connectivity index (χ1v) is 6.14. The van der Waals surface area contributed by atoms with Crippen LogP contribution in [0.1, 0.15) is 12.0 Å². The lowest BCUT2D eigenvalue weighted by Gasteiger charge is -2.20. The van der Waals surface area contributed by atoms with E-state index in [1.54, 1.807) is 0 Å². The highest BCUT2D eigenvalue weighted by atomic mass is 16.6. The summed E-state index contributed by atoms with van der Waals surface area (Å²) in [7, 11) is 0. The molecule has 0 aromatic heterocycles. The molecule has 1 amide bonds. The number of amides is 1. The van der Waals surface area contributed by atoms with Crippen molar-refractivity contribution in [3.8, 4) is 0 Å². The third-order valence-corrected chi connectivity index (χ3v) is 3.11. The van der Waals surface area contributed by atoms with Gasteiger partial charge in [0.25, 0.3) is 5.69 Å². The van der Waals surface area contributed by atoms with Gasteiger partial charge in [-0.3, -0.25) is 14.9 Å². The van der Waals surface area contributed by atoms with Crippen molar-refractivity contribution in [2.24, 2.45) is 0 Å². The molecule has 0 radical (unpaired) electrons. The lowest BCUT2D eigenvalue weighted by atomic mass is 10.0. The second-order valence-electron chi connectivity index (χ2n) is 4.54. The topological polar surface area (TPSA) is 125 Å². The van der Waals surface area contributed by atoms with Gasteiger partial charge in [0.1, 0.15) is 5.69 Å². The largest absolute Gasteiger partial charge is 0.394 e. The number of rotatable bonds is 5. The number of nitro benzene ring substituents is 1. The smallest absolute Gasteiger partial charge is 0.292 e. The standard InChI is InChI=1S/C12H15N3O5/c16-5-8(6-17)13-10-4-9-7(1-2-12(18)14-9)3-11(10)15(19)20/h3-4,8,13,16-17H,1-2,5-6H2,(H,14,18). The number of nitrogens with one attached hydrogen (secondary N) is 2. The molecule has 2 rings (SSSR count). The molecule has 0 spiro atoms. The molecule has 0 fully saturated rings. The molecule has 4 N–H and O–H groups in total. The SMILES string of the molecule is O=C1CCc2cc([N+](=O)[O-])c(NC(CO)CO)cc2N1. The number of anilines is 2. The number of aliphatic hydroxyl groups excluding tert-OH is 2. The van der Waals surface area contributed by atoms with E-state index in [2.05, 4.69) is 10.6 Å². The summed E-state index contributed by atoms with van der Waals surface area (Å²) >= 11 is 0. The number of aliphatic hydroxyl groups is 2. The molecular formula is C12H15N3O5. The van der Waals surface area contributed by atoms with Crippen LogP contribution in [-0.4, -0.2) is 40.3 Å². The van der Waals surface area contributed by atoms with Crippen LogP contribution in [0, 0.1) is 10.1 Å². The first-order chi connectivity index (χ1) is 9.55. The first kappa shape index (κ1) is 14.2. The summed E-state index contributed by atoms with van der Waals surface area (Å²) < 4.78 is 0. The number of aryl methyl sites for hydroxylation is 1. The van der Waals surface area contributed by atoms with Crippen molar-refractivity contribution in [1.29, 1.82) is 0 Å². The van der Waals surface area contributed by atoms with E-state index in [0.29, 0.717) is 24.1 Å². The molecule has 0 saturated heterocycles. The predicted molar refractivity (Wildman–Crippen MR) is 71.6 cm³/mol. The summed E-state index contributed by atoms with van der Waals surface area (Å²) in [5.41, 5.74) is 1.23. The Morgan fingerprint density at radius 1 is 1.35 bits per heavy atom. The normalized spacial score (nSPS) is 13.8. The zero-order valence-electron chi connectivity index (χ0n) is 10.6. The molecule has 1 aliphatic rings. The minimum Gasteiger partial charge on any atom is -0.394 e. The van der Waals surface area contributed by atoms with Crippen LogP contribution in [0.2, 0.25) is 0 Å². The summed E-state index contributed by atoms with van der Waals surface area (Å²) in [5.74, 6) is -0.141. The number of carbonyl (C=O) groups is 1. The van der Waals surface area contributed by atoms with Crippen molar-refractivity contribution in [3.63, 3.8) is 0 Å². The highest BCUT2D eigenvalue weighted by molar-refractivity contribution is 5.95. The molecule has 8 nitrogen and oxygen atoms in total. The average Bonchev–Trinajstić information content (AvgIpc) is 2.43. The second-order valence-corrected chi connectivity index (χ2v) is 4.54. The van der Waals surface area contributed by atoms with Crippen LogP contribution < -0.4 is 10.6 Å². The monoisotopic (exact) mass is 281 g/mol. The van der Waals surface area contributed by atoms with Crippen molar-refractivity contribution in [2.45, 2.75) is 18.9 Å². The van der Waals surface area contributed by atoms with E-state index in [-0.39, 0.29) is 30.5 Å². The van der Waals surface area contributed by atoms with Gasteiger partial charge < -0.3 is 20.8 Å². The maximum atomic E-state index is 11.3. The minimum atomic E-state index is -0.703. The van der Waals surface area contributed by atoms with Gasteiger partial charge in [0.15, 0.2) is 0 Å². The molecule has 1 aromatic carbocycles. The molecule has 20 heavy (non-hydrogen) atoms. The highest BCUT2D eigenvalue weighted by Gasteiger charge is 2.23. The Balaban J connectivity index is 2.40. The van der Waals surface area contributed by atoms with Crippen molar-refractivity contribution >= 4 is 23.0 Å². The number of hydrogen-bond acceptors (Lipinski definition) is 6. The quantitative estimate of drug-likeness (QED) is 0.453. The Bertz CT molecular complexity index is 542. The van der Waals surface area contributed by atoms with Gasteiger partial charge in [0.05, 0.1) is 24.2 Å². The van der Waals surface area contributed by atoms with Crippen LogP contribution in [0.3, 0.4) is 0 Å². The Kier molecular flexibility index (Phi) is 4.16. The average molecular weight is 281 g/mol. The number of fused-ring (bicyclic) bond motifs is 1. The predicted octanol–water partition coefficient (Wildman–Crippen LogP) is 0.245. The molecule has 1 aromatic rings. The van der Waals surface area contributed by atoms with Crippen LogP contribution in [0.15, 0.2) is 12.1 Å². The lowest BCUT2D eigenvalue weighted by Crippen LogP contribution is -2.28.